The average Bonchev–Trinajstić information content (AvgIpc) is 1.99. The Labute approximate surface area is 91.3 Å². The van der Waals surface area contributed by atoms with Crippen LogP contribution in [0.1, 0.15) is 37.9 Å². The molecule has 2 N–H and O–H groups in total. The Morgan fingerprint density at radius 2 is 1.79 bits per heavy atom. The molecule has 1 aromatic carbocycles. The lowest BCUT2D eigenvalue weighted by atomic mass is 9.83. The maximum atomic E-state index is 6.15. The Morgan fingerprint density at radius 1 is 1.21 bits per heavy atom. The summed E-state index contributed by atoms with van der Waals surface area (Å²) in [6, 6.07) is 6.02. The van der Waals surface area contributed by atoms with E-state index in [1.165, 1.54) is 0 Å². The van der Waals surface area contributed by atoms with Gasteiger partial charge in [0.2, 0.25) is 0 Å². The molecule has 0 spiro atoms. The summed E-state index contributed by atoms with van der Waals surface area (Å²) in [5.41, 5.74) is 8.49. The van der Waals surface area contributed by atoms with Crippen LogP contribution in [0.15, 0.2) is 18.2 Å². The van der Waals surface area contributed by atoms with Crippen LogP contribution in [-0.2, 0) is 0 Å². The first-order chi connectivity index (χ1) is 6.30. The van der Waals surface area contributed by atoms with Crippen LogP contribution >= 0.6 is 11.6 Å². The summed E-state index contributed by atoms with van der Waals surface area (Å²) < 4.78 is 0. The van der Waals surface area contributed by atoms with Crippen molar-refractivity contribution >= 4 is 11.6 Å². The van der Waals surface area contributed by atoms with Gasteiger partial charge in [0.05, 0.1) is 0 Å². The van der Waals surface area contributed by atoms with Gasteiger partial charge >= 0.3 is 0 Å². The fraction of sp³-hybridized carbons (Fsp3) is 0.500. The molecule has 1 nitrogen and oxygen atoms in total. The van der Waals surface area contributed by atoms with Crippen LogP contribution in [0, 0.1) is 12.3 Å². The standard InChI is InChI=1S/C12H18ClN/c1-8-5-9(7-10(13)6-8)11(14)12(2,3)4/h5-7,11H,14H2,1-4H3/t11-/m0/s1. The molecular weight excluding hydrogens is 194 g/mol. The lowest BCUT2D eigenvalue weighted by molar-refractivity contribution is 0.327. The van der Waals surface area contributed by atoms with Crippen molar-refractivity contribution in [2.75, 3.05) is 0 Å². The molecule has 14 heavy (non-hydrogen) atoms. The SMILES string of the molecule is Cc1cc(Cl)cc([C@H](N)C(C)(C)C)c1. The van der Waals surface area contributed by atoms with Crippen LogP contribution in [0.5, 0.6) is 0 Å². The van der Waals surface area contributed by atoms with Crippen LogP contribution in [0.3, 0.4) is 0 Å². The largest absolute Gasteiger partial charge is 0.324 e. The first-order valence-electron chi connectivity index (χ1n) is 4.83. The number of hydrogen-bond donors (Lipinski definition) is 1. The monoisotopic (exact) mass is 211 g/mol. The topological polar surface area (TPSA) is 26.0 Å². The zero-order chi connectivity index (χ0) is 10.9. The number of nitrogens with two attached hydrogens (primary N) is 1. The van der Waals surface area contributed by atoms with Crippen molar-refractivity contribution in [3.05, 3.63) is 34.3 Å². The molecule has 1 atom stereocenters. The van der Waals surface area contributed by atoms with Gasteiger partial charge in [-0.3, -0.25) is 0 Å². The van der Waals surface area contributed by atoms with E-state index in [9.17, 15) is 0 Å². The van der Waals surface area contributed by atoms with Crippen LogP contribution in [-0.4, -0.2) is 0 Å². The van der Waals surface area contributed by atoms with Crippen LogP contribution in [0.2, 0.25) is 5.02 Å². The second-order valence-corrected chi connectivity index (χ2v) is 5.34. The Bertz CT molecular complexity index is 305. The van der Waals surface area contributed by atoms with Crippen molar-refractivity contribution in [3.8, 4) is 0 Å². The van der Waals surface area contributed by atoms with E-state index in [1.54, 1.807) is 0 Å². The molecule has 0 heterocycles. The zero-order valence-electron chi connectivity index (χ0n) is 9.26. The summed E-state index contributed by atoms with van der Waals surface area (Å²) in [5.74, 6) is 0. The molecule has 2 heteroatoms. The van der Waals surface area contributed by atoms with E-state index in [-0.39, 0.29) is 11.5 Å². The number of aryl methyl sites for hydroxylation is 1. The Balaban J connectivity index is 3.07. The fourth-order valence-corrected chi connectivity index (χ4v) is 1.74. The van der Waals surface area contributed by atoms with E-state index >= 15 is 0 Å². The summed E-state index contributed by atoms with van der Waals surface area (Å²) in [5, 5.41) is 0.764. The highest BCUT2D eigenvalue weighted by molar-refractivity contribution is 6.30. The van der Waals surface area contributed by atoms with Crippen molar-refractivity contribution < 1.29 is 0 Å². The molecule has 0 aliphatic carbocycles. The fourth-order valence-electron chi connectivity index (χ4n) is 1.44. The summed E-state index contributed by atoms with van der Waals surface area (Å²) >= 11 is 5.99. The van der Waals surface area contributed by atoms with Crippen LogP contribution < -0.4 is 5.73 Å². The van der Waals surface area contributed by atoms with Crippen molar-refractivity contribution in [2.24, 2.45) is 11.1 Å². The van der Waals surface area contributed by atoms with Gasteiger partial charge in [0, 0.05) is 11.1 Å². The first-order valence-corrected chi connectivity index (χ1v) is 5.21. The van der Waals surface area contributed by atoms with Gasteiger partial charge in [-0.25, -0.2) is 0 Å². The predicted octanol–water partition coefficient (Wildman–Crippen LogP) is 3.69. The van der Waals surface area contributed by atoms with Gasteiger partial charge in [0.1, 0.15) is 0 Å². The maximum Gasteiger partial charge on any atom is 0.0411 e. The minimum Gasteiger partial charge on any atom is -0.324 e. The second kappa shape index (κ2) is 3.92. The molecule has 78 valence electrons. The average molecular weight is 212 g/mol. The molecule has 0 saturated heterocycles. The minimum absolute atomic E-state index is 0.0277. The van der Waals surface area contributed by atoms with Crippen LogP contribution in [0.4, 0.5) is 0 Å². The van der Waals surface area contributed by atoms with Gasteiger partial charge in [0.25, 0.3) is 0 Å². The molecule has 0 unspecified atom stereocenters. The summed E-state index contributed by atoms with van der Waals surface area (Å²) in [6.07, 6.45) is 0. The summed E-state index contributed by atoms with van der Waals surface area (Å²) in [4.78, 5) is 0. The first kappa shape index (κ1) is 11.5. The molecule has 0 bridgehead atoms. The lowest BCUT2D eigenvalue weighted by Crippen LogP contribution is -2.26. The second-order valence-electron chi connectivity index (χ2n) is 4.91. The Hall–Kier alpha value is -0.530. The number of rotatable bonds is 1. The van der Waals surface area contributed by atoms with Crippen molar-refractivity contribution in [2.45, 2.75) is 33.7 Å². The van der Waals surface area contributed by atoms with Gasteiger partial charge in [-0.1, -0.05) is 38.4 Å². The van der Waals surface area contributed by atoms with Gasteiger partial charge < -0.3 is 5.73 Å². The summed E-state index contributed by atoms with van der Waals surface area (Å²) in [6.45, 7) is 8.43. The smallest absolute Gasteiger partial charge is 0.0411 e. The number of halogens is 1. The molecule has 1 rings (SSSR count). The highest BCUT2D eigenvalue weighted by atomic mass is 35.5. The highest BCUT2D eigenvalue weighted by Crippen LogP contribution is 2.32. The molecule has 0 aliphatic rings. The van der Waals surface area contributed by atoms with E-state index < -0.39 is 0 Å². The van der Waals surface area contributed by atoms with Gasteiger partial charge in [-0.05, 0) is 35.6 Å². The quantitative estimate of drug-likeness (QED) is 0.754. The molecule has 0 saturated carbocycles. The third kappa shape index (κ3) is 2.73. The molecule has 0 aromatic heterocycles. The van der Waals surface area contributed by atoms with E-state index in [4.69, 9.17) is 17.3 Å². The molecule has 0 radical (unpaired) electrons. The molecule has 0 aliphatic heterocycles. The normalized spacial score (nSPS) is 14.1. The Kier molecular flexibility index (Phi) is 3.23. The highest BCUT2D eigenvalue weighted by Gasteiger charge is 2.22. The van der Waals surface area contributed by atoms with Crippen molar-refractivity contribution in [3.63, 3.8) is 0 Å². The third-order valence-corrected chi connectivity index (χ3v) is 2.57. The third-order valence-electron chi connectivity index (χ3n) is 2.36. The van der Waals surface area contributed by atoms with E-state index in [0.29, 0.717) is 0 Å². The molecular formula is C12H18ClN. The maximum absolute atomic E-state index is 6.15. The van der Waals surface area contributed by atoms with Gasteiger partial charge in [0.15, 0.2) is 0 Å². The zero-order valence-corrected chi connectivity index (χ0v) is 10.0. The minimum atomic E-state index is 0.0277. The van der Waals surface area contributed by atoms with E-state index in [1.807, 2.05) is 19.1 Å². The molecule has 1 aromatic rings. The van der Waals surface area contributed by atoms with E-state index in [2.05, 4.69) is 26.8 Å². The Morgan fingerprint density at radius 3 is 2.21 bits per heavy atom. The predicted molar refractivity (Wildman–Crippen MR) is 62.6 cm³/mol. The van der Waals surface area contributed by atoms with Gasteiger partial charge in [-0.15, -0.1) is 0 Å². The van der Waals surface area contributed by atoms with Crippen molar-refractivity contribution in [1.82, 2.24) is 0 Å². The number of benzene rings is 1. The molecule has 0 fully saturated rings. The van der Waals surface area contributed by atoms with Gasteiger partial charge in [-0.2, -0.15) is 0 Å². The van der Waals surface area contributed by atoms with E-state index in [0.717, 1.165) is 16.1 Å². The lowest BCUT2D eigenvalue weighted by Gasteiger charge is -2.27. The summed E-state index contributed by atoms with van der Waals surface area (Å²) in [7, 11) is 0. The van der Waals surface area contributed by atoms with Crippen molar-refractivity contribution in [1.29, 1.82) is 0 Å². The number of hydrogen-bond acceptors (Lipinski definition) is 1. The molecule has 0 amide bonds. The van der Waals surface area contributed by atoms with Crippen LogP contribution in [0.25, 0.3) is 0 Å².